The molecule has 0 saturated heterocycles. The molecular formula is C58H36. The third-order valence-corrected chi connectivity index (χ3v) is 12.1. The Bertz CT molecular complexity index is 3810. The van der Waals surface area contributed by atoms with E-state index in [2.05, 4.69) is 182 Å². The molecule has 12 rings (SSSR count). The molecule has 0 amide bonds. The minimum absolute atomic E-state index is 0.197. The fourth-order valence-corrected chi connectivity index (χ4v) is 9.50. The molecule has 0 unspecified atom stereocenters. The van der Waals surface area contributed by atoms with E-state index >= 15 is 0 Å². The smallest absolute Gasteiger partial charge is 0.0622 e. The van der Waals surface area contributed by atoms with Crippen molar-refractivity contribution in [1.82, 2.24) is 0 Å². The Morgan fingerprint density at radius 3 is 1.33 bits per heavy atom. The minimum atomic E-state index is -0.404. The summed E-state index contributed by atoms with van der Waals surface area (Å²) in [6.07, 6.45) is 0. The van der Waals surface area contributed by atoms with Crippen LogP contribution in [0.2, 0.25) is 0 Å². The average Bonchev–Trinajstić information content (AvgIpc) is 3.34. The molecule has 0 aromatic heterocycles. The second-order valence-corrected chi connectivity index (χ2v) is 15.2. The Kier molecular flexibility index (Phi) is 6.27. The summed E-state index contributed by atoms with van der Waals surface area (Å²) in [6, 6.07) is 65.1. The summed E-state index contributed by atoms with van der Waals surface area (Å²) in [6.45, 7) is 0. The molecule has 0 heteroatoms. The molecule has 0 heterocycles. The Morgan fingerprint density at radius 1 is 0.241 bits per heavy atom. The van der Waals surface area contributed by atoms with Gasteiger partial charge >= 0.3 is 0 Å². The van der Waals surface area contributed by atoms with Crippen LogP contribution in [-0.2, 0) is 0 Å². The van der Waals surface area contributed by atoms with Crippen LogP contribution < -0.4 is 0 Å². The van der Waals surface area contributed by atoms with E-state index < -0.39 is 6.04 Å². The lowest BCUT2D eigenvalue weighted by atomic mass is 9.83. The van der Waals surface area contributed by atoms with Gasteiger partial charge in [-0.05, 0) is 126 Å². The van der Waals surface area contributed by atoms with Gasteiger partial charge in [0.2, 0.25) is 0 Å². The number of benzene rings is 12. The second kappa shape index (κ2) is 13.0. The fraction of sp³-hybridized carbons (Fsp3) is 0. The lowest BCUT2D eigenvalue weighted by molar-refractivity contribution is 1.62. The first-order chi connectivity index (χ1) is 30.9. The maximum absolute atomic E-state index is 9.15. The van der Waals surface area contributed by atoms with Crippen molar-refractivity contribution in [3.05, 3.63) is 218 Å². The van der Waals surface area contributed by atoms with E-state index in [1.54, 1.807) is 0 Å². The van der Waals surface area contributed by atoms with E-state index in [1.807, 2.05) is 6.07 Å². The summed E-state index contributed by atoms with van der Waals surface area (Å²) in [4.78, 5) is 0. The third-order valence-electron chi connectivity index (χ3n) is 12.1. The van der Waals surface area contributed by atoms with Crippen molar-refractivity contribution in [2.24, 2.45) is 0 Å². The number of hydrogen-bond donors (Lipinski definition) is 0. The molecule has 0 radical (unpaired) electrons. The summed E-state index contributed by atoms with van der Waals surface area (Å²) in [5.41, 5.74) is 9.57. The van der Waals surface area contributed by atoms with Gasteiger partial charge in [0, 0.05) is 0 Å². The Morgan fingerprint density at radius 2 is 0.672 bits per heavy atom. The number of rotatable bonds is 5. The molecule has 0 spiro atoms. The highest BCUT2D eigenvalue weighted by Crippen LogP contribution is 2.47. The molecule has 0 aliphatic carbocycles. The molecule has 0 fully saturated rings. The van der Waals surface area contributed by atoms with Gasteiger partial charge in [0.05, 0.1) is 6.85 Å². The highest BCUT2D eigenvalue weighted by Gasteiger charge is 2.20. The summed E-state index contributed by atoms with van der Waals surface area (Å²) in [7, 11) is 0. The predicted octanol–water partition coefficient (Wildman–Crippen LogP) is 16.4. The molecular weight excluding hydrogens is 697 g/mol. The van der Waals surface area contributed by atoms with E-state index in [9.17, 15) is 0 Å². The van der Waals surface area contributed by atoms with Crippen LogP contribution in [0.25, 0.3) is 120 Å². The van der Waals surface area contributed by atoms with Crippen molar-refractivity contribution >= 4 is 64.6 Å². The van der Waals surface area contributed by atoms with Gasteiger partial charge in [-0.1, -0.05) is 212 Å². The van der Waals surface area contributed by atoms with Gasteiger partial charge in [-0.15, -0.1) is 0 Å². The lowest BCUT2D eigenvalue weighted by Gasteiger charge is -2.20. The minimum Gasteiger partial charge on any atom is -0.0622 e. The van der Waals surface area contributed by atoms with Gasteiger partial charge in [-0.25, -0.2) is 0 Å². The fourth-order valence-electron chi connectivity index (χ4n) is 9.50. The molecule has 58 heavy (non-hydrogen) atoms. The van der Waals surface area contributed by atoms with Gasteiger partial charge in [-0.3, -0.25) is 0 Å². The normalized spacial score (nSPS) is 13.0. The Labute approximate surface area is 344 Å². The molecule has 0 aliphatic heterocycles. The van der Waals surface area contributed by atoms with E-state index in [4.69, 9.17) is 6.85 Å². The summed E-state index contributed by atoms with van der Waals surface area (Å²) in [5, 5.41) is 13.2. The lowest BCUT2D eigenvalue weighted by Crippen LogP contribution is -1.93. The first-order valence-corrected chi connectivity index (χ1v) is 19.8. The van der Waals surface area contributed by atoms with Gasteiger partial charge in [0.15, 0.2) is 0 Å². The maximum Gasteiger partial charge on any atom is 0.0629 e. The topological polar surface area (TPSA) is 0 Å². The highest BCUT2D eigenvalue weighted by molar-refractivity contribution is 6.30. The predicted molar refractivity (Wildman–Crippen MR) is 250 cm³/mol. The molecule has 0 saturated carbocycles. The molecule has 12 aromatic carbocycles. The largest absolute Gasteiger partial charge is 0.0629 e. The zero-order valence-corrected chi connectivity index (χ0v) is 31.4. The summed E-state index contributed by atoms with van der Waals surface area (Å²) >= 11 is 0. The average molecular weight is 738 g/mol. The van der Waals surface area contributed by atoms with Crippen molar-refractivity contribution in [1.29, 1.82) is 0 Å². The second-order valence-electron chi connectivity index (χ2n) is 15.2. The van der Waals surface area contributed by atoms with Crippen LogP contribution in [-0.4, -0.2) is 0 Å². The standard InChI is InChI=1S/C58H36/c1-2-12-39(13-3-1)55-36-56(41-26-24-40(25-27-41)44-22-10-16-37-14-4-6-18-43(37)44)53-31-29-42-28-30-51(52-34-35-54(55)58(53)57(42)52)50-33-32-49(47-20-8-9-21-48(47)50)46-23-11-17-38-15-5-7-19-45(38)46/h1-36H/i1D,2D,3D,12D,13D. The van der Waals surface area contributed by atoms with Gasteiger partial charge in [0.25, 0.3) is 0 Å². The van der Waals surface area contributed by atoms with Crippen LogP contribution in [0.1, 0.15) is 6.85 Å². The molecule has 268 valence electrons. The zero-order valence-electron chi connectivity index (χ0n) is 36.4. The number of fused-ring (bicyclic) bond motifs is 3. The van der Waals surface area contributed by atoms with Gasteiger partial charge < -0.3 is 0 Å². The SMILES string of the molecule is [2H]c1c([2H])c([2H])c(-c2cc(-c3ccc(-c4cccc5ccccc45)cc3)c3ccc4ccc(-c5ccc(-c6cccc7ccccc67)c6ccccc56)c5ccc2c3c45)c([2H])c1[2H]. The molecule has 0 N–H and O–H groups in total. The van der Waals surface area contributed by atoms with E-state index in [-0.39, 0.29) is 29.7 Å². The van der Waals surface area contributed by atoms with Crippen molar-refractivity contribution < 1.29 is 6.85 Å². The molecule has 12 aromatic rings. The van der Waals surface area contributed by atoms with Crippen LogP contribution in [0, 0.1) is 0 Å². The molecule has 0 bridgehead atoms. The van der Waals surface area contributed by atoms with Crippen molar-refractivity contribution in [3.8, 4) is 55.6 Å². The maximum atomic E-state index is 9.15. The summed E-state index contributed by atoms with van der Waals surface area (Å²) < 4.78 is 44.1. The Hall–Kier alpha value is -7.54. The van der Waals surface area contributed by atoms with Gasteiger partial charge in [0.1, 0.15) is 0 Å². The van der Waals surface area contributed by atoms with Crippen LogP contribution >= 0.6 is 0 Å². The van der Waals surface area contributed by atoms with Crippen LogP contribution in [0.5, 0.6) is 0 Å². The number of hydrogen-bond acceptors (Lipinski definition) is 0. The monoisotopic (exact) mass is 737 g/mol. The van der Waals surface area contributed by atoms with Crippen LogP contribution in [0.3, 0.4) is 0 Å². The molecule has 0 nitrogen and oxygen atoms in total. The molecule has 0 atom stereocenters. The van der Waals surface area contributed by atoms with Crippen molar-refractivity contribution in [2.45, 2.75) is 0 Å². The first-order valence-electron chi connectivity index (χ1n) is 22.3. The zero-order chi connectivity index (χ0) is 42.5. The molecule has 0 aliphatic rings. The van der Waals surface area contributed by atoms with Crippen LogP contribution in [0.4, 0.5) is 0 Å². The highest BCUT2D eigenvalue weighted by atomic mass is 14.2. The third kappa shape index (κ3) is 5.02. The van der Waals surface area contributed by atoms with Gasteiger partial charge in [-0.2, -0.15) is 0 Å². The summed E-state index contributed by atoms with van der Waals surface area (Å²) in [5.74, 6) is 0. The van der Waals surface area contributed by atoms with Crippen molar-refractivity contribution in [3.63, 3.8) is 0 Å². The first kappa shape index (κ1) is 27.9. The van der Waals surface area contributed by atoms with E-state index in [0.717, 1.165) is 71.1 Å². The van der Waals surface area contributed by atoms with Crippen LogP contribution in [0.15, 0.2) is 218 Å². The van der Waals surface area contributed by atoms with E-state index in [1.165, 1.54) is 38.1 Å². The quantitative estimate of drug-likeness (QED) is 0.154. The van der Waals surface area contributed by atoms with Crippen molar-refractivity contribution in [2.75, 3.05) is 0 Å². The Balaban J connectivity index is 1.12. The van der Waals surface area contributed by atoms with E-state index in [0.29, 0.717) is 5.56 Å².